The summed E-state index contributed by atoms with van der Waals surface area (Å²) in [7, 11) is 1.67. The Labute approximate surface area is 126 Å². The molecule has 0 bridgehead atoms. The standard InChI is InChI=1S/C16H24ClNO2/c1-20-15-7-5-13(6-8-15)16(17)12-18-10-3-2-4-14(18)9-11-19/h5-8,14,16,19H,2-4,9-12H2,1H3. The number of rotatable bonds is 6. The highest BCUT2D eigenvalue weighted by atomic mass is 35.5. The van der Waals surface area contributed by atoms with Gasteiger partial charge >= 0.3 is 0 Å². The monoisotopic (exact) mass is 297 g/mol. The van der Waals surface area contributed by atoms with E-state index in [0.717, 1.165) is 30.8 Å². The van der Waals surface area contributed by atoms with Crippen LogP contribution in [0.5, 0.6) is 5.75 Å². The summed E-state index contributed by atoms with van der Waals surface area (Å²) >= 11 is 6.56. The Morgan fingerprint density at radius 2 is 2.10 bits per heavy atom. The molecular formula is C16H24ClNO2. The van der Waals surface area contributed by atoms with Crippen molar-refractivity contribution in [2.75, 3.05) is 26.8 Å². The number of aliphatic hydroxyl groups is 1. The molecule has 0 saturated carbocycles. The topological polar surface area (TPSA) is 32.7 Å². The molecule has 0 spiro atoms. The van der Waals surface area contributed by atoms with E-state index in [-0.39, 0.29) is 12.0 Å². The van der Waals surface area contributed by atoms with E-state index in [9.17, 15) is 5.11 Å². The van der Waals surface area contributed by atoms with Gasteiger partial charge in [0, 0.05) is 19.2 Å². The zero-order valence-electron chi connectivity index (χ0n) is 12.1. The predicted octanol–water partition coefficient (Wildman–Crippen LogP) is 3.21. The summed E-state index contributed by atoms with van der Waals surface area (Å²) < 4.78 is 5.17. The van der Waals surface area contributed by atoms with Crippen LogP contribution in [-0.4, -0.2) is 42.9 Å². The molecule has 2 rings (SSSR count). The van der Waals surface area contributed by atoms with Gasteiger partial charge in [0.15, 0.2) is 0 Å². The van der Waals surface area contributed by atoms with Crippen LogP contribution in [0.25, 0.3) is 0 Å². The van der Waals surface area contributed by atoms with Gasteiger partial charge in [0.05, 0.1) is 12.5 Å². The molecule has 3 nitrogen and oxygen atoms in total. The molecule has 0 aliphatic carbocycles. The zero-order chi connectivity index (χ0) is 14.4. The van der Waals surface area contributed by atoms with Gasteiger partial charge in [-0.1, -0.05) is 18.6 Å². The van der Waals surface area contributed by atoms with Gasteiger partial charge in [0.2, 0.25) is 0 Å². The van der Waals surface area contributed by atoms with Gasteiger partial charge in [-0.25, -0.2) is 0 Å². The number of methoxy groups -OCH3 is 1. The van der Waals surface area contributed by atoms with E-state index in [0.29, 0.717) is 6.04 Å². The quantitative estimate of drug-likeness (QED) is 0.819. The van der Waals surface area contributed by atoms with Crippen LogP contribution in [-0.2, 0) is 0 Å². The molecule has 1 saturated heterocycles. The molecule has 1 N–H and O–H groups in total. The van der Waals surface area contributed by atoms with Crippen LogP contribution in [0.15, 0.2) is 24.3 Å². The molecule has 1 aromatic rings. The second-order valence-electron chi connectivity index (χ2n) is 5.40. The number of hydrogen-bond donors (Lipinski definition) is 1. The maximum Gasteiger partial charge on any atom is 0.118 e. The van der Waals surface area contributed by atoms with E-state index in [4.69, 9.17) is 16.3 Å². The largest absolute Gasteiger partial charge is 0.497 e. The minimum absolute atomic E-state index is 0.0137. The second-order valence-corrected chi connectivity index (χ2v) is 5.92. The minimum Gasteiger partial charge on any atom is -0.497 e. The van der Waals surface area contributed by atoms with E-state index in [1.54, 1.807) is 7.11 Å². The molecule has 1 aliphatic rings. The van der Waals surface area contributed by atoms with Crippen molar-refractivity contribution in [2.45, 2.75) is 37.1 Å². The molecule has 4 heteroatoms. The van der Waals surface area contributed by atoms with Crippen LogP contribution in [0.2, 0.25) is 0 Å². The van der Waals surface area contributed by atoms with E-state index < -0.39 is 0 Å². The maximum atomic E-state index is 9.17. The van der Waals surface area contributed by atoms with Gasteiger partial charge in [-0.2, -0.15) is 0 Å². The molecule has 20 heavy (non-hydrogen) atoms. The number of ether oxygens (including phenoxy) is 1. The van der Waals surface area contributed by atoms with Crippen LogP contribution in [0.1, 0.15) is 36.6 Å². The van der Waals surface area contributed by atoms with Gasteiger partial charge in [-0.05, 0) is 43.5 Å². The van der Waals surface area contributed by atoms with Crippen molar-refractivity contribution in [3.8, 4) is 5.75 Å². The Morgan fingerprint density at radius 1 is 1.35 bits per heavy atom. The summed E-state index contributed by atoms with van der Waals surface area (Å²) in [5, 5.41) is 9.16. The number of aliphatic hydroxyl groups excluding tert-OH is 1. The summed E-state index contributed by atoms with van der Waals surface area (Å²) in [4.78, 5) is 2.43. The van der Waals surface area contributed by atoms with Gasteiger partial charge in [0.25, 0.3) is 0 Å². The van der Waals surface area contributed by atoms with Crippen LogP contribution >= 0.6 is 11.6 Å². The number of hydrogen-bond acceptors (Lipinski definition) is 3. The summed E-state index contributed by atoms with van der Waals surface area (Å²) in [5.74, 6) is 0.855. The summed E-state index contributed by atoms with van der Waals surface area (Å²) in [6, 6.07) is 8.44. The number of likely N-dealkylation sites (tertiary alicyclic amines) is 1. The molecule has 1 aliphatic heterocycles. The second kappa shape index (κ2) is 7.87. The third kappa shape index (κ3) is 4.11. The highest BCUT2D eigenvalue weighted by molar-refractivity contribution is 6.21. The lowest BCUT2D eigenvalue weighted by molar-refractivity contribution is 0.119. The van der Waals surface area contributed by atoms with Crippen molar-refractivity contribution < 1.29 is 9.84 Å². The van der Waals surface area contributed by atoms with Crippen molar-refractivity contribution in [3.05, 3.63) is 29.8 Å². The Balaban J connectivity index is 1.95. The lowest BCUT2D eigenvalue weighted by Gasteiger charge is -2.36. The Kier molecular flexibility index (Phi) is 6.14. The molecule has 0 aromatic heterocycles. The van der Waals surface area contributed by atoms with Crippen molar-refractivity contribution in [1.29, 1.82) is 0 Å². The lowest BCUT2D eigenvalue weighted by atomic mass is 9.98. The lowest BCUT2D eigenvalue weighted by Crippen LogP contribution is -2.41. The molecule has 0 amide bonds. The number of piperidine rings is 1. The average Bonchev–Trinajstić information content (AvgIpc) is 2.49. The molecule has 0 radical (unpaired) electrons. The number of benzene rings is 1. The van der Waals surface area contributed by atoms with Crippen LogP contribution in [0.3, 0.4) is 0 Å². The predicted molar refractivity (Wildman–Crippen MR) is 82.5 cm³/mol. The van der Waals surface area contributed by atoms with Gasteiger partial charge in [-0.15, -0.1) is 11.6 Å². The first-order valence-corrected chi connectivity index (χ1v) is 7.81. The van der Waals surface area contributed by atoms with Crippen LogP contribution in [0, 0.1) is 0 Å². The number of alkyl halides is 1. The Morgan fingerprint density at radius 3 is 2.75 bits per heavy atom. The van der Waals surface area contributed by atoms with Crippen molar-refractivity contribution in [3.63, 3.8) is 0 Å². The van der Waals surface area contributed by atoms with E-state index in [2.05, 4.69) is 4.90 Å². The van der Waals surface area contributed by atoms with Crippen LogP contribution < -0.4 is 4.74 Å². The average molecular weight is 298 g/mol. The first-order chi connectivity index (χ1) is 9.74. The molecule has 2 atom stereocenters. The summed E-state index contributed by atoms with van der Waals surface area (Å²) in [5.41, 5.74) is 1.13. The fraction of sp³-hybridized carbons (Fsp3) is 0.625. The normalized spacial score (nSPS) is 21.6. The van der Waals surface area contributed by atoms with E-state index in [1.807, 2.05) is 24.3 Å². The van der Waals surface area contributed by atoms with E-state index in [1.165, 1.54) is 19.3 Å². The van der Waals surface area contributed by atoms with Gasteiger partial charge < -0.3 is 9.84 Å². The van der Waals surface area contributed by atoms with Gasteiger partial charge in [-0.3, -0.25) is 4.90 Å². The molecule has 1 aromatic carbocycles. The van der Waals surface area contributed by atoms with Crippen LogP contribution in [0.4, 0.5) is 0 Å². The van der Waals surface area contributed by atoms with Crippen molar-refractivity contribution in [1.82, 2.24) is 4.90 Å². The maximum absolute atomic E-state index is 9.17. The van der Waals surface area contributed by atoms with Crippen molar-refractivity contribution >= 4 is 11.6 Å². The highest BCUT2D eigenvalue weighted by Gasteiger charge is 2.24. The Bertz CT molecular complexity index is 394. The smallest absolute Gasteiger partial charge is 0.118 e. The minimum atomic E-state index is -0.0137. The molecule has 1 fully saturated rings. The fourth-order valence-electron chi connectivity index (χ4n) is 2.90. The summed E-state index contributed by atoms with van der Waals surface area (Å²) in [6.07, 6.45) is 4.52. The first kappa shape index (κ1) is 15.6. The summed E-state index contributed by atoms with van der Waals surface area (Å²) in [6.45, 7) is 2.19. The van der Waals surface area contributed by atoms with E-state index >= 15 is 0 Å². The SMILES string of the molecule is COc1ccc(C(Cl)CN2CCCCC2CCO)cc1. The van der Waals surface area contributed by atoms with Gasteiger partial charge in [0.1, 0.15) is 5.75 Å². The zero-order valence-corrected chi connectivity index (χ0v) is 12.9. The first-order valence-electron chi connectivity index (χ1n) is 7.37. The molecular weight excluding hydrogens is 274 g/mol. The molecule has 1 heterocycles. The molecule has 2 unspecified atom stereocenters. The number of halogens is 1. The Hall–Kier alpha value is -0.770. The third-order valence-corrected chi connectivity index (χ3v) is 4.47. The number of nitrogens with zero attached hydrogens (tertiary/aromatic N) is 1. The highest BCUT2D eigenvalue weighted by Crippen LogP contribution is 2.28. The molecule has 112 valence electrons. The van der Waals surface area contributed by atoms with Crippen molar-refractivity contribution in [2.24, 2.45) is 0 Å². The third-order valence-electron chi connectivity index (χ3n) is 4.08. The fourth-order valence-corrected chi connectivity index (χ4v) is 3.22.